The summed E-state index contributed by atoms with van der Waals surface area (Å²) in [5, 5.41) is 2.30. The van der Waals surface area contributed by atoms with Gasteiger partial charge in [-0.15, -0.1) is 11.3 Å². The third-order valence-electron chi connectivity index (χ3n) is 4.90. The molecule has 2 aliphatic rings. The quantitative estimate of drug-likeness (QED) is 0.795. The number of benzene rings is 1. The Balaban J connectivity index is 1.49. The third kappa shape index (κ3) is 3.13. The van der Waals surface area contributed by atoms with Gasteiger partial charge in [0.1, 0.15) is 0 Å². The Hall–Kier alpha value is -1.30. The molecule has 0 radical (unpaired) electrons. The zero-order valence-corrected chi connectivity index (χ0v) is 15.6. The molecule has 0 N–H and O–H groups in total. The van der Waals surface area contributed by atoms with Crippen molar-refractivity contribution in [1.29, 1.82) is 0 Å². The van der Waals surface area contributed by atoms with Gasteiger partial charge in [-0.05, 0) is 66.5 Å². The summed E-state index contributed by atoms with van der Waals surface area (Å²) < 4.78 is 6.98. The number of carbonyl (C=O) groups is 1. The zero-order valence-electron chi connectivity index (χ0n) is 14.0. The van der Waals surface area contributed by atoms with Crippen molar-refractivity contribution in [3.63, 3.8) is 0 Å². The first-order valence-corrected chi connectivity index (χ1v) is 10.1. The number of amides is 1. The molecule has 2 aliphatic heterocycles. The zero-order chi connectivity index (χ0) is 16.7. The molecule has 1 amide bonds. The molecule has 1 aromatic heterocycles. The highest BCUT2D eigenvalue weighted by molar-refractivity contribution is 8.01. The fourth-order valence-corrected chi connectivity index (χ4v) is 5.63. The maximum atomic E-state index is 11.8. The molecule has 0 aliphatic carbocycles. The van der Waals surface area contributed by atoms with Crippen LogP contribution in [0.15, 0.2) is 38.8 Å². The summed E-state index contributed by atoms with van der Waals surface area (Å²) in [4.78, 5) is 14.8. The first-order chi connectivity index (χ1) is 11.6. The van der Waals surface area contributed by atoms with Crippen LogP contribution in [-0.4, -0.2) is 25.7 Å². The van der Waals surface area contributed by atoms with Crippen LogP contribution >= 0.6 is 23.1 Å². The van der Waals surface area contributed by atoms with Gasteiger partial charge in [-0.25, -0.2) is 0 Å². The van der Waals surface area contributed by atoms with Crippen LogP contribution in [-0.2, 0) is 16.0 Å². The standard InChI is InChI=1S/C19H21NO2S2/c1-12-7-13(5-6-22-12)15-10-19(23-11-15)24-16-3-4-17-14(8-16)9-18(21)20(17)2/h3-4,8,10-13H,5-7,9H2,1-2H3. The molecule has 4 rings (SSSR count). The summed E-state index contributed by atoms with van der Waals surface area (Å²) in [6, 6.07) is 8.69. The summed E-state index contributed by atoms with van der Waals surface area (Å²) >= 11 is 3.62. The van der Waals surface area contributed by atoms with Crippen molar-refractivity contribution in [2.24, 2.45) is 0 Å². The van der Waals surface area contributed by atoms with Gasteiger partial charge >= 0.3 is 0 Å². The number of likely N-dealkylation sites (N-methyl/N-ethyl adjacent to an activating group) is 1. The average Bonchev–Trinajstić information content (AvgIpc) is 3.13. The number of thiophene rings is 1. The van der Waals surface area contributed by atoms with Gasteiger partial charge in [0.25, 0.3) is 0 Å². The topological polar surface area (TPSA) is 29.5 Å². The van der Waals surface area contributed by atoms with Crippen LogP contribution in [0, 0.1) is 0 Å². The molecular weight excluding hydrogens is 338 g/mol. The number of nitrogens with zero attached hydrogens (tertiary/aromatic N) is 1. The molecule has 2 aromatic rings. The van der Waals surface area contributed by atoms with Gasteiger partial charge in [-0.3, -0.25) is 4.79 Å². The molecule has 1 saturated heterocycles. The van der Waals surface area contributed by atoms with Crippen molar-refractivity contribution in [2.75, 3.05) is 18.6 Å². The number of carbonyl (C=O) groups excluding carboxylic acids is 1. The predicted molar refractivity (Wildman–Crippen MR) is 99.4 cm³/mol. The van der Waals surface area contributed by atoms with Crippen molar-refractivity contribution in [3.8, 4) is 0 Å². The van der Waals surface area contributed by atoms with Gasteiger partial charge < -0.3 is 9.64 Å². The molecule has 0 saturated carbocycles. The lowest BCUT2D eigenvalue weighted by atomic mass is 9.91. The summed E-state index contributed by atoms with van der Waals surface area (Å²) in [5.41, 5.74) is 3.64. The SMILES string of the molecule is CC1CC(c2csc(Sc3ccc4c(c3)CC(=O)N4C)c2)CCO1. The fraction of sp³-hybridized carbons (Fsp3) is 0.421. The van der Waals surface area contributed by atoms with Crippen LogP contribution in [0.5, 0.6) is 0 Å². The number of hydrogen-bond acceptors (Lipinski definition) is 4. The van der Waals surface area contributed by atoms with Crippen molar-refractivity contribution in [2.45, 2.75) is 47.3 Å². The van der Waals surface area contributed by atoms with Crippen LogP contribution in [0.1, 0.15) is 36.8 Å². The Kier molecular flexibility index (Phi) is 4.41. The highest BCUT2D eigenvalue weighted by Crippen LogP contribution is 2.40. The molecule has 1 fully saturated rings. The molecule has 126 valence electrons. The molecule has 0 bridgehead atoms. The second-order valence-corrected chi connectivity index (χ2v) is 8.91. The molecule has 24 heavy (non-hydrogen) atoms. The molecule has 0 spiro atoms. The Morgan fingerprint density at radius 1 is 1.33 bits per heavy atom. The number of anilines is 1. The second-order valence-electron chi connectivity index (χ2n) is 6.62. The molecule has 2 atom stereocenters. The largest absolute Gasteiger partial charge is 0.378 e. The summed E-state index contributed by atoms with van der Waals surface area (Å²) in [6.07, 6.45) is 3.13. The maximum Gasteiger partial charge on any atom is 0.231 e. The van der Waals surface area contributed by atoms with Crippen LogP contribution in [0.3, 0.4) is 0 Å². The summed E-state index contributed by atoms with van der Waals surface area (Å²) in [5.74, 6) is 0.810. The lowest BCUT2D eigenvalue weighted by Crippen LogP contribution is -2.21. The third-order valence-corrected chi connectivity index (χ3v) is 6.99. The van der Waals surface area contributed by atoms with E-state index in [0.717, 1.165) is 30.7 Å². The van der Waals surface area contributed by atoms with E-state index in [0.29, 0.717) is 18.4 Å². The van der Waals surface area contributed by atoms with E-state index in [2.05, 4.69) is 36.6 Å². The van der Waals surface area contributed by atoms with Crippen LogP contribution in [0.2, 0.25) is 0 Å². The van der Waals surface area contributed by atoms with E-state index in [1.807, 2.05) is 18.4 Å². The van der Waals surface area contributed by atoms with E-state index in [1.54, 1.807) is 16.7 Å². The minimum atomic E-state index is 0.180. The fourth-order valence-electron chi connectivity index (χ4n) is 3.52. The smallest absolute Gasteiger partial charge is 0.231 e. The van der Waals surface area contributed by atoms with Gasteiger partial charge in [-0.2, -0.15) is 0 Å². The molecule has 5 heteroatoms. The highest BCUT2D eigenvalue weighted by atomic mass is 32.2. The number of hydrogen-bond donors (Lipinski definition) is 0. The van der Waals surface area contributed by atoms with E-state index in [-0.39, 0.29) is 5.91 Å². The van der Waals surface area contributed by atoms with Crippen LogP contribution < -0.4 is 4.90 Å². The minimum Gasteiger partial charge on any atom is -0.378 e. The van der Waals surface area contributed by atoms with E-state index in [9.17, 15) is 4.79 Å². The van der Waals surface area contributed by atoms with E-state index in [1.165, 1.54) is 14.7 Å². The molecule has 3 heterocycles. The van der Waals surface area contributed by atoms with Crippen LogP contribution in [0.25, 0.3) is 0 Å². The Labute approximate surface area is 151 Å². The summed E-state index contributed by atoms with van der Waals surface area (Å²) in [7, 11) is 1.85. The van der Waals surface area contributed by atoms with Gasteiger partial charge in [0, 0.05) is 24.2 Å². The first-order valence-electron chi connectivity index (χ1n) is 8.37. The Morgan fingerprint density at radius 2 is 2.21 bits per heavy atom. The van der Waals surface area contributed by atoms with Gasteiger partial charge in [0.15, 0.2) is 0 Å². The lowest BCUT2D eigenvalue weighted by molar-refractivity contribution is -0.117. The van der Waals surface area contributed by atoms with Gasteiger partial charge in [0.05, 0.1) is 16.7 Å². The van der Waals surface area contributed by atoms with Crippen molar-refractivity contribution < 1.29 is 9.53 Å². The van der Waals surface area contributed by atoms with Gasteiger partial charge in [0.2, 0.25) is 5.91 Å². The molecule has 3 nitrogen and oxygen atoms in total. The highest BCUT2D eigenvalue weighted by Gasteiger charge is 2.24. The van der Waals surface area contributed by atoms with Crippen molar-refractivity contribution >= 4 is 34.7 Å². The molecule has 1 aromatic carbocycles. The number of fused-ring (bicyclic) bond motifs is 1. The van der Waals surface area contributed by atoms with Gasteiger partial charge in [-0.1, -0.05) is 11.8 Å². The first kappa shape index (κ1) is 16.2. The lowest BCUT2D eigenvalue weighted by Gasteiger charge is -2.26. The van der Waals surface area contributed by atoms with E-state index >= 15 is 0 Å². The average molecular weight is 360 g/mol. The Bertz CT molecular complexity index is 770. The van der Waals surface area contributed by atoms with E-state index < -0.39 is 0 Å². The van der Waals surface area contributed by atoms with Crippen LogP contribution in [0.4, 0.5) is 5.69 Å². The van der Waals surface area contributed by atoms with Crippen molar-refractivity contribution in [3.05, 3.63) is 40.8 Å². The molecular formula is C19H21NO2S2. The number of ether oxygens (including phenoxy) is 1. The normalized spacial score (nSPS) is 23.6. The number of rotatable bonds is 3. The Morgan fingerprint density at radius 3 is 3.04 bits per heavy atom. The van der Waals surface area contributed by atoms with E-state index in [4.69, 9.17) is 4.74 Å². The predicted octanol–water partition coefficient (Wildman–Crippen LogP) is 4.70. The van der Waals surface area contributed by atoms with Crippen molar-refractivity contribution in [1.82, 2.24) is 0 Å². The summed E-state index contributed by atoms with van der Waals surface area (Å²) in [6.45, 7) is 3.04. The second kappa shape index (κ2) is 6.54. The maximum absolute atomic E-state index is 11.8. The minimum absolute atomic E-state index is 0.180. The molecule has 2 unspecified atom stereocenters. The monoisotopic (exact) mass is 359 g/mol.